The first-order valence-corrected chi connectivity index (χ1v) is 12.5. The van der Waals surface area contributed by atoms with Gasteiger partial charge < -0.3 is 5.32 Å². The van der Waals surface area contributed by atoms with Crippen LogP contribution in [0.15, 0.2) is 48.2 Å². The Bertz CT molecular complexity index is 732. The summed E-state index contributed by atoms with van der Waals surface area (Å²) in [5.74, 6) is -0.154. The number of benzene rings is 1. The zero-order valence-corrected chi connectivity index (χ0v) is 19.5. The second kappa shape index (κ2) is 15.6. The summed E-state index contributed by atoms with van der Waals surface area (Å²) in [4.78, 5) is 24.6. The molecule has 170 valence electrons. The van der Waals surface area contributed by atoms with Crippen LogP contribution in [-0.2, 0) is 0 Å². The molecule has 0 saturated carbocycles. The monoisotopic (exact) mass is 423 g/mol. The maximum atomic E-state index is 12.5. The van der Waals surface area contributed by atoms with Gasteiger partial charge >= 0.3 is 0 Å². The molecule has 0 fully saturated rings. The molecule has 1 aromatic carbocycles. The van der Waals surface area contributed by atoms with Gasteiger partial charge in [0.15, 0.2) is 5.78 Å². The van der Waals surface area contributed by atoms with Crippen LogP contribution in [0.25, 0.3) is 0 Å². The van der Waals surface area contributed by atoms with Crippen molar-refractivity contribution >= 4 is 11.6 Å². The highest BCUT2D eigenvalue weighted by Crippen LogP contribution is 2.19. The van der Waals surface area contributed by atoms with E-state index in [9.17, 15) is 9.59 Å². The molecule has 1 aromatic rings. The van der Waals surface area contributed by atoms with E-state index >= 15 is 0 Å². The molecule has 0 spiro atoms. The summed E-state index contributed by atoms with van der Waals surface area (Å²) in [6.07, 6.45) is 24.2. The lowest BCUT2D eigenvalue weighted by molar-refractivity contribution is 0.0978. The molecule has 0 atom stereocenters. The SMILES string of the molecule is CCCCCCCC/C=C\CCCCCCCCNC1=CC(=O)c2ccccc2C1=O. The topological polar surface area (TPSA) is 46.2 Å². The molecule has 2 rings (SSSR count). The summed E-state index contributed by atoms with van der Waals surface area (Å²) >= 11 is 0. The third-order valence-corrected chi connectivity index (χ3v) is 5.96. The third-order valence-electron chi connectivity index (χ3n) is 5.96. The van der Waals surface area contributed by atoms with Gasteiger partial charge in [0.25, 0.3) is 0 Å². The maximum absolute atomic E-state index is 12.5. The van der Waals surface area contributed by atoms with Crippen LogP contribution in [0.4, 0.5) is 0 Å². The Labute approximate surface area is 189 Å². The summed E-state index contributed by atoms with van der Waals surface area (Å²) in [5.41, 5.74) is 1.46. The van der Waals surface area contributed by atoms with Crippen LogP contribution in [0.5, 0.6) is 0 Å². The van der Waals surface area contributed by atoms with Gasteiger partial charge in [-0.3, -0.25) is 9.59 Å². The number of rotatable bonds is 17. The van der Waals surface area contributed by atoms with E-state index in [1.54, 1.807) is 24.3 Å². The Morgan fingerprint density at radius 1 is 0.710 bits per heavy atom. The molecule has 3 heteroatoms. The Kier molecular flexibility index (Phi) is 12.6. The van der Waals surface area contributed by atoms with Crippen molar-refractivity contribution < 1.29 is 9.59 Å². The highest BCUT2D eigenvalue weighted by atomic mass is 16.1. The average molecular weight is 424 g/mol. The molecule has 0 radical (unpaired) electrons. The Balaban J connectivity index is 1.42. The van der Waals surface area contributed by atoms with Gasteiger partial charge in [0.2, 0.25) is 5.78 Å². The van der Waals surface area contributed by atoms with Crippen molar-refractivity contribution in [1.82, 2.24) is 5.32 Å². The molecule has 1 N–H and O–H groups in total. The van der Waals surface area contributed by atoms with Gasteiger partial charge in [0.05, 0.1) is 5.70 Å². The van der Waals surface area contributed by atoms with Crippen LogP contribution in [0, 0.1) is 0 Å². The molecular weight excluding hydrogens is 382 g/mol. The van der Waals surface area contributed by atoms with Crippen LogP contribution in [0.1, 0.15) is 118 Å². The molecule has 0 aromatic heterocycles. The van der Waals surface area contributed by atoms with E-state index in [0.717, 1.165) is 19.4 Å². The number of allylic oxidation sites excluding steroid dienone is 4. The smallest absolute Gasteiger partial charge is 0.209 e. The summed E-state index contributed by atoms with van der Waals surface area (Å²) in [6, 6.07) is 7.05. The molecule has 1 aliphatic rings. The quantitative estimate of drug-likeness (QED) is 0.207. The van der Waals surface area contributed by atoms with E-state index in [1.165, 1.54) is 83.1 Å². The number of fused-ring (bicyclic) bond motifs is 1. The van der Waals surface area contributed by atoms with Crippen LogP contribution in [-0.4, -0.2) is 18.1 Å². The summed E-state index contributed by atoms with van der Waals surface area (Å²) in [5, 5.41) is 3.17. The van der Waals surface area contributed by atoms with Gasteiger partial charge in [-0.05, 0) is 32.1 Å². The van der Waals surface area contributed by atoms with Gasteiger partial charge in [-0.15, -0.1) is 0 Å². The van der Waals surface area contributed by atoms with E-state index in [2.05, 4.69) is 24.4 Å². The zero-order valence-electron chi connectivity index (χ0n) is 19.5. The van der Waals surface area contributed by atoms with E-state index in [4.69, 9.17) is 0 Å². The lowest BCUT2D eigenvalue weighted by Gasteiger charge is -2.16. The second-order valence-electron chi connectivity index (χ2n) is 8.66. The van der Waals surface area contributed by atoms with E-state index in [0.29, 0.717) is 16.8 Å². The van der Waals surface area contributed by atoms with Crippen LogP contribution in [0.2, 0.25) is 0 Å². The highest BCUT2D eigenvalue weighted by Gasteiger charge is 2.24. The lowest BCUT2D eigenvalue weighted by atomic mass is 9.93. The lowest BCUT2D eigenvalue weighted by Crippen LogP contribution is -2.27. The largest absolute Gasteiger partial charge is 0.382 e. The highest BCUT2D eigenvalue weighted by molar-refractivity contribution is 6.24. The molecule has 0 aliphatic heterocycles. The first-order chi connectivity index (χ1) is 15.2. The van der Waals surface area contributed by atoms with Crippen LogP contribution in [0.3, 0.4) is 0 Å². The Morgan fingerprint density at radius 3 is 1.90 bits per heavy atom. The first kappa shape index (κ1) is 25.1. The number of unbranched alkanes of at least 4 members (excludes halogenated alkanes) is 12. The van der Waals surface area contributed by atoms with Crippen LogP contribution >= 0.6 is 0 Å². The molecule has 0 unspecified atom stereocenters. The van der Waals surface area contributed by atoms with Gasteiger partial charge in [0, 0.05) is 23.7 Å². The number of ketones is 2. The number of hydrogen-bond acceptors (Lipinski definition) is 3. The van der Waals surface area contributed by atoms with Gasteiger partial charge in [-0.25, -0.2) is 0 Å². The summed E-state index contributed by atoms with van der Waals surface area (Å²) < 4.78 is 0. The summed E-state index contributed by atoms with van der Waals surface area (Å²) in [7, 11) is 0. The molecule has 0 amide bonds. The molecule has 1 aliphatic carbocycles. The fourth-order valence-electron chi connectivity index (χ4n) is 4.04. The van der Waals surface area contributed by atoms with E-state index in [1.807, 2.05) is 0 Å². The predicted molar refractivity (Wildman–Crippen MR) is 131 cm³/mol. The minimum Gasteiger partial charge on any atom is -0.382 e. The summed E-state index contributed by atoms with van der Waals surface area (Å²) in [6.45, 7) is 3.01. The van der Waals surface area contributed by atoms with Crippen molar-refractivity contribution in [3.05, 3.63) is 59.3 Å². The average Bonchev–Trinajstić information content (AvgIpc) is 2.79. The molecule has 0 saturated heterocycles. The van der Waals surface area contributed by atoms with Crippen LogP contribution < -0.4 is 5.32 Å². The number of Topliss-reactive ketones (excluding diaryl/α,β-unsaturated/α-hetero) is 1. The van der Waals surface area contributed by atoms with Gasteiger partial charge in [-0.1, -0.05) is 101 Å². The Morgan fingerprint density at radius 2 is 1.26 bits per heavy atom. The molecule has 31 heavy (non-hydrogen) atoms. The van der Waals surface area contributed by atoms with Gasteiger partial charge in [-0.2, -0.15) is 0 Å². The van der Waals surface area contributed by atoms with Crippen molar-refractivity contribution in [2.75, 3.05) is 6.54 Å². The standard InChI is InChI=1S/C28H41NO2/c1-2-3-4-5-6-7-8-9-10-11-12-13-14-15-16-19-22-29-26-23-27(30)24-20-17-18-21-25(24)28(26)31/h9-10,17-18,20-21,23,29H,2-8,11-16,19,22H2,1H3/b10-9-. The minimum absolute atomic E-state index is 0.0697. The number of carbonyl (C=O) groups excluding carboxylic acids is 2. The molecule has 0 bridgehead atoms. The number of nitrogens with one attached hydrogen (secondary N) is 1. The maximum Gasteiger partial charge on any atom is 0.209 e. The van der Waals surface area contributed by atoms with Crippen molar-refractivity contribution in [3.63, 3.8) is 0 Å². The number of carbonyl (C=O) groups is 2. The minimum atomic E-state index is -0.0845. The fourth-order valence-corrected chi connectivity index (χ4v) is 4.04. The second-order valence-corrected chi connectivity index (χ2v) is 8.66. The van der Waals surface area contributed by atoms with E-state index in [-0.39, 0.29) is 11.6 Å². The van der Waals surface area contributed by atoms with E-state index < -0.39 is 0 Å². The third kappa shape index (κ3) is 9.67. The Hall–Kier alpha value is -2.16. The number of hydrogen-bond donors (Lipinski definition) is 1. The van der Waals surface area contributed by atoms with Crippen molar-refractivity contribution in [2.24, 2.45) is 0 Å². The normalized spacial score (nSPS) is 13.5. The van der Waals surface area contributed by atoms with Crippen molar-refractivity contribution in [1.29, 1.82) is 0 Å². The molecule has 0 heterocycles. The predicted octanol–water partition coefficient (Wildman–Crippen LogP) is 7.58. The van der Waals surface area contributed by atoms with Crippen molar-refractivity contribution in [3.8, 4) is 0 Å². The fraction of sp³-hybridized carbons (Fsp3) is 0.571. The zero-order chi connectivity index (χ0) is 22.2. The molecular formula is C28H41NO2. The molecule has 3 nitrogen and oxygen atoms in total. The van der Waals surface area contributed by atoms with Gasteiger partial charge in [0.1, 0.15) is 0 Å². The first-order valence-electron chi connectivity index (χ1n) is 12.5. The van der Waals surface area contributed by atoms with Crippen molar-refractivity contribution in [2.45, 2.75) is 96.8 Å².